The van der Waals surface area contributed by atoms with Gasteiger partial charge in [0.15, 0.2) is 0 Å². The molecule has 0 saturated carbocycles. The van der Waals surface area contributed by atoms with Crippen molar-refractivity contribution in [2.45, 2.75) is 12.8 Å². The highest BCUT2D eigenvalue weighted by Crippen LogP contribution is 2.33. The van der Waals surface area contributed by atoms with Gasteiger partial charge in [-0.1, -0.05) is 48.5 Å². The Balaban J connectivity index is 2.33. The predicted molar refractivity (Wildman–Crippen MR) is 90.1 cm³/mol. The molecule has 110 valence electrons. The van der Waals surface area contributed by atoms with Crippen molar-refractivity contribution in [2.24, 2.45) is 0 Å². The predicted octanol–water partition coefficient (Wildman–Crippen LogP) is 4.00. The minimum Gasteiger partial charge on any atom is -0.421 e. The first-order valence-electron chi connectivity index (χ1n) is 7.12. The smallest absolute Gasteiger partial charge is 0.359 e. The molecule has 1 heterocycles. The Labute approximate surface area is 128 Å². The average molecular weight is 291 g/mol. The molecule has 0 saturated heterocycles. The van der Waals surface area contributed by atoms with Gasteiger partial charge >= 0.3 is 5.63 Å². The van der Waals surface area contributed by atoms with E-state index in [1.54, 1.807) is 6.07 Å². The molecule has 0 fully saturated rings. The maximum Gasteiger partial charge on any atom is 0.359 e. The van der Waals surface area contributed by atoms with Crippen LogP contribution in [0.1, 0.15) is 22.6 Å². The van der Waals surface area contributed by atoms with Gasteiger partial charge in [0, 0.05) is 11.3 Å². The Bertz CT molecular complexity index is 894. The van der Waals surface area contributed by atoms with Crippen LogP contribution >= 0.6 is 0 Å². The molecule has 0 aliphatic carbocycles. The number of anilines is 1. The molecule has 2 aromatic carbocycles. The largest absolute Gasteiger partial charge is 0.421 e. The highest BCUT2D eigenvalue weighted by Gasteiger charge is 2.17. The van der Waals surface area contributed by atoms with Crippen LogP contribution in [0.15, 0.2) is 70.4 Å². The minimum atomic E-state index is -0.489. The normalized spacial score (nSPS) is 12.2. The third-order valence-electron chi connectivity index (χ3n) is 3.99. The number of hydrogen-bond acceptors (Lipinski definition) is 3. The van der Waals surface area contributed by atoms with Crippen LogP contribution in [-0.4, -0.2) is 0 Å². The van der Waals surface area contributed by atoms with Gasteiger partial charge in [-0.2, -0.15) is 0 Å². The zero-order valence-electron chi connectivity index (χ0n) is 12.4. The lowest BCUT2D eigenvalue weighted by Gasteiger charge is -2.17. The van der Waals surface area contributed by atoms with Gasteiger partial charge < -0.3 is 10.2 Å². The molecule has 0 aliphatic heterocycles. The van der Waals surface area contributed by atoms with Gasteiger partial charge in [-0.05, 0) is 29.7 Å². The van der Waals surface area contributed by atoms with E-state index < -0.39 is 5.63 Å². The topological polar surface area (TPSA) is 56.2 Å². The van der Waals surface area contributed by atoms with Gasteiger partial charge in [-0.25, -0.2) is 4.79 Å². The number of hydrogen-bond donors (Lipinski definition) is 1. The number of aryl methyl sites for hydroxylation is 1. The van der Waals surface area contributed by atoms with E-state index in [9.17, 15) is 4.79 Å². The minimum absolute atomic E-state index is 0.00991. The zero-order valence-corrected chi connectivity index (χ0v) is 12.4. The third kappa shape index (κ3) is 2.21. The van der Waals surface area contributed by atoms with Crippen molar-refractivity contribution in [3.63, 3.8) is 0 Å². The lowest BCUT2D eigenvalue weighted by molar-refractivity contribution is 0.563. The van der Waals surface area contributed by atoms with Crippen molar-refractivity contribution in [3.05, 3.63) is 88.3 Å². The van der Waals surface area contributed by atoms with Gasteiger partial charge in [0.05, 0.1) is 0 Å². The number of rotatable bonds is 3. The maximum atomic E-state index is 11.8. The molecule has 0 radical (unpaired) electrons. The van der Waals surface area contributed by atoms with E-state index in [0.717, 1.165) is 22.1 Å². The Morgan fingerprint density at radius 3 is 2.55 bits per heavy atom. The number of fused-ring (bicyclic) bond motifs is 1. The molecule has 22 heavy (non-hydrogen) atoms. The SMILES string of the molecule is C=CC(c1ccccc1)c1cccc2oc(=O)c(N)c(C)c12. The van der Waals surface area contributed by atoms with Crippen LogP contribution in [0.3, 0.4) is 0 Å². The van der Waals surface area contributed by atoms with Gasteiger partial charge in [-0.15, -0.1) is 6.58 Å². The summed E-state index contributed by atoms with van der Waals surface area (Å²) in [4.78, 5) is 11.8. The van der Waals surface area contributed by atoms with Crippen LogP contribution in [-0.2, 0) is 0 Å². The summed E-state index contributed by atoms with van der Waals surface area (Å²) in [6.45, 7) is 5.82. The molecule has 0 spiro atoms. The fraction of sp³-hybridized carbons (Fsp3) is 0.105. The van der Waals surface area contributed by atoms with Gasteiger partial charge in [0.2, 0.25) is 0 Å². The van der Waals surface area contributed by atoms with Crippen molar-refractivity contribution in [2.75, 3.05) is 5.73 Å². The van der Waals surface area contributed by atoms with Crippen molar-refractivity contribution in [1.82, 2.24) is 0 Å². The van der Waals surface area contributed by atoms with Crippen molar-refractivity contribution >= 4 is 16.7 Å². The molecular formula is C19H17NO2. The molecule has 3 heteroatoms. The first-order valence-corrected chi connectivity index (χ1v) is 7.12. The van der Waals surface area contributed by atoms with Crippen LogP contribution < -0.4 is 11.4 Å². The molecule has 3 nitrogen and oxygen atoms in total. The maximum absolute atomic E-state index is 11.8. The quantitative estimate of drug-likeness (QED) is 0.586. The summed E-state index contributed by atoms with van der Waals surface area (Å²) >= 11 is 0. The lowest BCUT2D eigenvalue weighted by atomic mass is 9.88. The summed E-state index contributed by atoms with van der Waals surface area (Å²) in [5.41, 5.74) is 9.01. The number of benzene rings is 2. The molecule has 0 amide bonds. The van der Waals surface area contributed by atoms with E-state index >= 15 is 0 Å². The summed E-state index contributed by atoms with van der Waals surface area (Å²) in [5, 5.41) is 0.883. The second-order valence-corrected chi connectivity index (χ2v) is 5.27. The fourth-order valence-electron chi connectivity index (χ4n) is 2.84. The highest BCUT2D eigenvalue weighted by atomic mass is 16.4. The number of nitrogens with two attached hydrogens (primary N) is 1. The molecule has 0 aliphatic rings. The molecule has 3 aromatic rings. The van der Waals surface area contributed by atoms with Crippen molar-refractivity contribution in [1.29, 1.82) is 0 Å². The summed E-state index contributed by atoms with van der Waals surface area (Å²) < 4.78 is 5.33. The lowest BCUT2D eigenvalue weighted by Crippen LogP contribution is -2.10. The monoisotopic (exact) mass is 291 g/mol. The van der Waals surface area contributed by atoms with Gasteiger partial charge in [0.25, 0.3) is 0 Å². The van der Waals surface area contributed by atoms with Gasteiger partial charge in [-0.3, -0.25) is 0 Å². The Hall–Kier alpha value is -2.81. The van der Waals surface area contributed by atoms with E-state index in [0.29, 0.717) is 5.58 Å². The first kappa shape index (κ1) is 14.1. The Kier molecular flexibility index (Phi) is 3.55. The van der Waals surface area contributed by atoms with Crippen molar-refractivity contribution in [3.8, 4) is 0 Å². The molecule has 1 atom stereocenters. The van der Waals surface area contributed by atoms with Crippen LogP contribution in [0.4, 0.5) is 5.69 Å². The van der Waals surface area contributed by atoms with Crippen LogP contribution in [0, 0.1) is 6.92 Å². The molecule has 1 aromatic heterocycles. The number of nitrogen functional groups attached to an aromatic ring is 1. The van der Waals surface area contributed by atoms with Crippen LogP contribution in [0.5, 0.6) is 0 Å². The van der Waals surface area contributed by atoms with Crippen molar-refractivity contribution < 1.29 is 4.42 Å². The summed E-state index contributed by atoms with van der Waals surface area (Å²) in [5.74, 6) is 0.00991. The second kappa shape index (κ2) is 5.53. The first-order chi connectivity index (χ1) is 10.6. The zero-order chi connectivity index (χ0) is 15.7. The van der Waals surface area contributed by atoms with E-state index in [4.69, 9.17) is 10.2 Å². The summed E-state index contributed by atoms with van der Waals surface area (Å²) in [7, 11) is 0. The van der Waals surface area contributed by atoms with E-state index in [1.807, 2.05) is 43.3 Å². The third-order valence-corrected chi connectivity index (χ3v) is 3.99. The highest BCUT2D eigenvalue weighted by molar-refractivity contribution is 5.88. The van der Waals surface area contributed by atoms with E-state index in [-0.39, 0.29) is 11.6 Å². The summed E-state index contributed by atoms with van der Waals surface area (Å²) in [6.07, 6.45) is 1.89. The van der Waals surface area contributed by atoms with E-state index in [1.165, 1.54) is 0 Å². The van der Waals surface area contributed by atoms with Crippen LogP contribution in [0.25, 0.3) is 11.0 Å². The Morgan fingerprint density at radius 1 is 1.14 bits per heavy atom. The standard InChI is InChI=1S/C19H17NO2/c1-3-14(13-8-5-4-6-9-13)15-10-7-11-16-17(15)12(2)18(20)19(21)22-16/h3-11,14H,1,20H2,2H3. The molecule has 3 rings (SSSR count). The van der Waals surface area contributed by atoms with Gasteiger partial charge in [0.1, 0.15) is 11.3 Å². The second-order valence-electron chi connectivity index (χ2n) is 5.27. The Morgan fingerprint density at radius 2 is 1.86 bits per heavy atom. The molecule has 2 N–H and O–H groups in total. The summed E-state index contributed by atoms with van der Waals surface area (Å²) in [6, 6.07) is 15.8. The molecule has 0 bridgehead atoms. The molecular weight excluding hydrogens is 274 g/mol. The fourth-order valence-corrected chi connectivity index (χ4v) is 2.84. The number of allylic oxidation sites excluding steroid dienone is 1. The van der Waals surface area contributed by atoms with Crippen LogP contribution in [0.2, 0.25) is 0 Å². The molecule has 1 unspecified atom stereocenters. The average Bonchev–Trinajstić information content (AvgIpc) is 2.54. The van der Waals surface area contributed by atoms with E-state index in [2.05, 4.69) is 18.7 Å².